The Morgan fingerprint density at radius 2 is 2.03 bits per heavy atom. The number of carbonyl (C=O) groups excluding carboxylic acids is 1. The standard InChI is InChI=1S/C21H26F3N5OS/c1-14-2-3-15(9-25-14)4-6-28-7-5-16-11-29(12-17(16)10-28)19-20(31-13-26-19)27-18(30)8-21(22,23)24/h2-3,9,13,16-17H,4-8,10-12H2,1H3,(H,27,30). The molecule has 10 heteroatoms. The van der Waals surface area contributed by atoms with Crippen molar-refractivity contribution in [3.63, 3.8) is 0 Å². The quantitative estimate of drug-likeness (QED) is 0.722. The van der Waals surface area contributed by atoms with E-state index < -0.39 is 18.5 Å². The number of carbonyl (C=O) groups is 1. The summed E-state index contributed by atoms with van der Waals surface area (Å²) in [6, 6.07) is 4.17. The van der Waals surface area contributed by atoms with E-state index >= 15 is 0 Å². The molecule has 0 spiro atoms. The van der Waals surface area contributed by atoms with Crippen molar-refractivity contribution in [1.29, 1.82) is 0 Å². The number of thiazole rings is 1. The topological polar surface area (TPSA) is 61.4 Å². The first-order valence-corrected chi connectivity index (χ1v) is 11.3. The van der Waals surface area contributed by atoms with Crippen LogP contribution in [0.5, 0.6) is 0 Å². The van der Waals surface area contributed by atoms with Crippen LogP contribution in [0.2, 0.25) is 0 Å². The van der Waals surface area contributed by atoms with Gasteiger partial charge < -0.3 is 15.1 Å². The van der Waals surface area contributed by atoms with Crippen molar-refractivity contribution in [3.05, 3.63) is 35.1 Å². The number of hydrogen-bond donors (Lipinski definition) is 1. The van der Waals surface area contributed by atoms with Gasteiger partial charge >= 0.3 is 6.18 Å². The number of aryl methyl sites for hydroxylation is 1. The van der Waals surface area contributed by atoms with Gasteiger partial charge in [0.1, 0.15) is 11.4 Å². The molecule has 2 fully saturated rings. The third-order valence-electron chi connectivity index (χ3n) is 6.04. The number of pyridine rings is 1. The first-order valence-electron chi connectivity index (χ1n) is 10.5. The minimum atomic E-state index is -4.52. The fraction of sp³-hybridized carbons (Fsp3) is 0.571. The zero-order chi connectivity index (χ0) is 22.0. The Hall–Kier alpha value is -2.20. The van der Waals surface area contributed by atoms with Gasteiger partial charge in [0.05, 0.1) is 5.51 Å². The number of rotatable bonds is 6. The number of nitrogens with zero attached hydrogens (tertiary/aromatic N) is 4. The zero-order valence-corrected chi connectivity index (χ0v) is 18.2. The van der Waals surface area contributed by atoms with Crippen LogP contribution in [0.15, 0.2) is 23.8 Å². The van der Waals surface area contributed by atoms with Crippen molar-refractivity contribution >= 4 is 28.1 Å². The summed E-state index contributed by atoms with van der Waals surface area (Å²) in [5.41, 5.74) is 3.83. The molecule has 2 unspecified atom stereocenters. The van der Waals surface area contributed by atoms with E-state index in [-0.39, 0.29) is 0 Å². The van der Waals surface area contributed by atoms with Gasteiger partial charge in [0.2, 0.25) is 5.91 Å². The molecule has 0 aromatic carbocycles. The molecule has 2 aromatic heterocycles. The van der Waals surface area contributed by atoms with Crippen LogP contribution < -0.4 is 10.2 Å². The number of alkyl halides is 3. The van der Waals surface area contributed by atoms with Crippen LogP contribution in [-0.4, -0.2) is 59.7 Å². The second-order valence-electron chi connectivity index (χ2n) is 8.42. The molecule has 2 aliphatic rings. The fourth-order valence-electron chi connectivity index (χ4n) is 4.46. The lowest BCUT2D eigenvalue weighted by Gasteiger charge is -2.34. The minimum Gasteiger partial charge on any atom is -0.354 e. The van der Waals surface area contributed by atoms with E-state index in [0.717, 1.165) is 62.6 Å². The SMILES string of the molecule is Cc1ccc(CCN2CCC3CN(c4ncsc4NC(=O)CC(F)(F)F)CC3C2)cn1. The number of piperidine rings is 1. The molecule has 0 saturated carbocycles. The van der Waals surface area contributed by atoms with Gasteiger partial charge in [-0.2, -0.15) is 13.2 Å². The second-order valence-corrected chi connectivity index (χ2v) is 9.27. The maximum atomic E-state index is 12.5. The Balaban J connectivity index is 1.32. The van der Waals surface area contributed by atoms with E-state index in [1.165, 1.54) is 5.56 Å². The van der Waals surface area contributed by atoms with Gasteiger partial charge in [0, 0.05) is 38.1 Å². The number of nitrogens with one attached hydrogen (secondary N) is 1. The molecular weight excluding hydrogens is 427 g/mol. The largest absolute Gasteiger partial charge is 0.397 e. The Labute approximate surface area is 183 Å². The Kier molecular flexibility index (Phi) is 6.47. The van der Waals surface area contributed by atoms with Crippen LogP contribution in [0, 0.1) is 18.8 Å². The van der Waals surface area contributed by atoms with Gasteiger partial charge in [0.15, 0.2) is 5.82 Å². The molecule has 2 saturated heterocycles. The normalized spacial score (nSPS) is 21.9. The molecule has 31 heavy (non-hydrogen) atoms. The third kappa shape index (κ3) is 5.74. The predicted octanol–water partition coefficient (Wildman–Crippen LogP) is 3.74. The first kappa shape index (κ1) is 22.0. The summed E-state index contributed by atoms with van der Waals surface area (Å²) in [7, 11) is 0. The van der Waals surface area contributed by atoms with E-state index in [0.29, 0.717) is 22.7 Å². The molecule has 2 aromatic rings. The summed E-state index contributed by atoms with van der Waals surface area (Å²) in [6.45, 7) is 6.64. The molecule has 0 radical (unpaired) electrons. The van der Waals surface area contributed by atoms with Gasteiger partial charge in [-0.15, -0.1) is 11.3 Å². The highest BCUT2D eigenvalue weighted by Crippen LogP contribution is 2.38. The van der Waals surface area contributed by atoms with Crippen molar-refractivity contribution in [2.75, 3.05) is 42.9 Å². The van der Waals surface area contributed by atoms with Crippen LogP contribution in [0.25, 0.3) is 0 Å². The lowest BCUT2D eigenvalue weighted by Crippen LogP contribution is -2.40. The molecule has 2 atom stereocenters. The van der Waals surface area contributed by atoms with Gasteiger partial charge in [-0.25, -0.2) is 4.98 Å². The molecule has 6 nitrogen and oxygen atoms in total. The van der Waals surface area contributed by atoms with Gasteiger partial charge in [-0.05, 0) is 49.8 Å². The summed E-state index contributed by atoms with van der Waals surface area (Å²) >= 11 is 1.16. The highest BCUT2D eigenvalue weighted by atomic mass is 32.1. The van der Waals surface area contributed by atoms with Crippen LogP contribution in [0.3, 0.4) is 0 Å². The number of halogens is 3. The third-order valence-corrected chi connectivity index (χ3v) is 6.77. The minimum absolute atomic E-state index is 0.400. The summed E-state index contributed by atoms with van der Waals surface area (Å²) in [6.07, 6.45) is -2.00. The van der Waals surface area contributed by atoms with E-state index in [1.54, 1.807) is 5.51 Å². The monoisotopic (exact) mass is 453 g/mol. The number of likely N-dealkylation sites (tertiary alicyclic amines) is 1. The highest BCUT2D eigenvalue weighted by molar-refractivity contribution is 7.14. The average molecular weight is 454 g/mol. The van der Waals surface area contributed by atoms with Crippen LogP contribution in [0.4, 0.5) is 24.0 Å². The average Bonchev–Trinajstić information content (AvgIpc) is 3.32. The summed E-state index contributed by atoms with van der Waals surface area (Å²) in [4.78, 5) is 25.0. The molecule has 4 heterocycles. The number of fused-ring (bicyclic) bond motifs is 1. The second kappa shape index (κ2) is 9.12. The summed E-state index contributed by atoms with van der Waals surface area (Å²) < 4.78 is 37.4. The van der Waals surface area contributed by atoms with Crippen molar-refractivity contribution in [2.45, 2.75) is 32.4 Å². The van der Waals surface area contributed by atoms with E-state index in [1.807, 2.05) is 19.2 Å². The van der Waals surface area contributed by atoms with Crippen molar-refractivity contribution < 1.29 is 18.0 Å². The number of hydrogen-bond acceptors (Lipinski definition) is 6. The molecule has 1 amide bonds. The molecule has 168 valence electrons. The van der Waals surface area contributed by atoms with Crippen LogP contribution >= 0.6 is 11.3 Å². The van der Waals surface area contributed by atoms with Crippen LogP contribution in [0.1, 0.15) is 24.1 Å². The van der Waals surface area contributed by atoms with E-state index in [9.17, 15) is 18.0 Å². The zero-order valence-electron chi connectivity index (χ0n) is 17.4. The molecule has 0 bridgehead atoms. The maximum Gasteiger partial charge on any atom is 0.397 e. The number of aromatic nitrogens is 2. The van der Waals surface area contributed by atoms with E-state index in [2.05, 4.69) is 31.2 Å². The molecule has 0 aliphatic carbocycles. The first-order chi connectivity index (χ1) is 14.8. The van der Waals surface area contributed by atoms with Gasteiger partial charge in [0.25, 0.3) is 0 Å². The Bertz CT molecular complexity index is 901. The Morgan fingerprint density at radius 3 is 2.77 bits per heavy atom. The van der Waals surface area contributed by atoms with E-state index in [4.69, 9.17) is 0 Å². The fourth-order valence-corrected chi connectivity index (χ4v) is 5.18. The smallest absolute Gasteiger partial charge is 0.354 e. The van der Waals surface area contributed by atoms with Gasteiger partial charge in [-0.1, -0.05) is 6.07 Å². The number of amides is 1. The van der Waals surface area contributed by atoms with Crippen LogP contribution in [-0.2, 0) is 11.2 Å². The summed E-state index contributed by atoms with van der Waals surface area (Å²) in [5.74, 6) is 0.571. The molecular formula is C21H26F3N5OS. The number of anilines is 2. The Morgan fingerprint density at radius 1 is 1.23 bits per heavy atom. The molecule has 4 rings (SSSR count). The van der Waals surface area contributed by atoms with Crippen molar-refractivity contribution in [3.8, 4) is 0 Å². The van der Waals surface area contributed by atoms with Crippen molar-refractivity contribution in [2.24, 2.45) is 11.8 Å². The summed E-state index contributed by atoms with van der Waals surface area (Å²) in [5, 5.41) is 2.80. The molecule has 1 N–H and O–H groups in total. The van der Waals surface area contributed by atoms with Gasteiger partial charge in [-0.3, -0.25) is 9.78 Å². The highest BCUT2D eigenvalue weighted by Gasteiger charge is 2.38. The lowest BCUT2D eigenvalue weighted by atomic mass is 9.88. The predicted molar refractivity (Wildman–Crippen MR) is 114 cm³/mol. The van der Waals surface area contributed by atoms with Crippen molar-refractivity contribution in [1.82, 2.24) is 14.9 Å². The lowest BCUT2D eigenvalue weighted by molar-refractivity contribution is -0.150. The maximum absolute atomic E-state index is 12.5. The molecule has 2 aliphatic heterocycles.